The molecule has 0 aliphatic carbocycles. The van der Waals surface area contributed by atoms with Gasteiger partial charge in [0.25, 0.3) is 0 Å². The van der Waals surface area contributed by atoms with Crippen molar-refractivity contribution in [2.24, 2.45) is 0 Å². The van der Waals surface area contributed by atoms with Crippen LogP contribution in [0.2, 0.25) is 10.5 Å². The maximum atomic E-state index is 3.66. The Morgan fingerprint density at radius 3 is 1.67 bits per heavy atom. The molecule has 0 aromatic rings. The molecule has 0 heterocycles. The first-order chi connectivity index (χ1) is 2.81. The van der Waals surface area contributed by atoms with Crippen LogP contribution in [0.15, 0.2) is 0 Å². The summed E-state index contributed by atoms with van der Waals surface area (Å²) in [5.41, 5.74) is 0. The Kier molecular flexibility index (Phi) is 4.90. The third-order valence-electron chi connectivity index (χ3n) is 0.886. The average Bonchev–Trinajstić information content (AvgIpc) is 1.65. The van der Waals surface area contributed by atoms with Crippen LogP contribution in [0.3, 0.4) is 0 Å². The van der Waals surface area contributed by atoms with Gasteiger partial charge in [-0.05, 0) is 0 Å². The van der Waals surface area contributed by atoms with E-state index >= 15 is 0 Å². The van der Waals surface area contributed by atoms with Gasteiger partial charge in [-0.2, -0.15) is 0 Å². The molecule has 2 heteroatoms. The molecule has 0 spiro atoms. The monoisotopic (exact) mass is 212 g/mol. The van der Waals surface area contributed by atoms with E-state index in [-0.39, 0.29) is 0 Å². The molecule has 0 atom stereocenters. The summed E-state index contributed by atoms with van der Waals surface area (Å²) in [6.07, 6.45) is 0. The van der Waals surface area contributed by atoms with Crippen molar-refractivity contribution in [3.63, 3.8) is 0 Å². The summed E-state index contributed by atoms with van der Waals surface area (Å²) in [5.74, 6) is 0. The summed E-state index contributed by atoms with van der Waals surface area (Å²) in [6.45, 7) is 4.53. The first-order valence-electron chi connectivity index (χ1n) is 2.45. The molecule has 0 aromatic carbocycles. The molecule has 0 amide bonds. The Morgan fingerprint density at radius 1 is 1.33 bits per heavy atom. The zero-order valence-corrected chi connectivity index (χ0v) is 8.38. The van der Waals surface area contributed by atoms with Gasteiger partial charge in [0, 0.05) is 0 Å². The quantitative estimate of drug-likeness (QED) is 0.614. The number of hydrogen-bond acceptors (Lipinski definition) is 0. The molecular formula is C4H11BrGe. The van der Waals surface area contributed by atoms with Crippen molar-refractivity contribution in [3.8, 4) is 0 Å². The van der Waals surface area contributed by atoms with E-state index < -0.39 is 12.5 Å². The Balaban J connectivity index is 2.75. The van der Waals surface area contributed by atoms with E-state index in [1.54, 1.807) is 0 Å². The van der Waals surface area contributed by atoms with Gasteiger partial charge in [0.1, 0.15) is 0 Å². The average molecular weight is 212 g/mol. The van der Waals surface area contributed by atoms with E-state index in [1.807, 2.05) is 0 Å². The Hall–Kier alpha value is 1.02. The Morgan fingerprint density at radius 2 is 1.67 bits per heavy atom. The van der Waals surface area contributed by atoms with E-state index in [0.29, 0.717) is 0 Å². The summed E-state index contributed by atoms with van der Waals surface area (Å²) >= 11 is 2.93. The van der Waals surface area contributed by atoms with Gasteiger partial charge in [0.15, 0.2) is 0 Å². The molecule has 0 radical (unpaired) electrons. The summed E-state index contributed by atoms with van der Waals surface area (Å²) in [5, 5.41) is 2.87. The first-order valence-corrected chi connectivity index (χ1v) is 11.5. The minimum absolute atomic E-state index is 0.731. The van der Waals surface area contributed by atoms with Gasteiger partial charge in [-0.3, -0.25) is 0 Å². The summed E-state index contributed by atoms with van der Waals surface area (Å²) in [4.78, 5) is 0. The minimum atomic E-state index is -0.731. The fourth-order valence-electron chi connectivity index (χ4n) is 0.289. The van der Waals surface area contributed by atoms with Gasteiger partial charge in [-0.15, -0.1) is 0 Å². The van der Waals surface area contributed by atoms with Gasteiger partial charge in [-0.1, -0.05) is 0 Å². The maximum absolute atomic E-state index is 3.66. The molecule has 0 aliphatic heterocycles. The number of rotatable bonds is 2. The van der Waals surface area contributed by atoms with Crippen LogP contribution in [0.25, 0.3) is 0 Å². The van der Waals surface area contributed by atoms with Gasteiger partial charge in [-0.25, -0.2) is 0 Å². The molecule has 0 aliphatic rings. The number of hydrogen-bond donors (Lipinski definition) is 0. The SMILES string of the molecule is C[CH2][GeH]([Br])[CH2]C. The topological polar surface area (TPSA) is 0 Å². The fraction of sp³-hybridized carbons (Fsp3) is 1.00. The molecule has 0 unspecified atom stereocenters. The second kappa shape index (κ2) is 4.19. The number of halogens is 1. The molecule has 0 aromatic heterocycles. The van der Waals surface area contributed by atoms with Crippen molar-refractivity contribution in [2.45, 2.75) is 24.4 Å². The third kappa shape index (κ3) is 3.22. The van der Waals surface area contributed by atoms with Crippen molar-refractivity contribution in [3.05, 3.63) is 0 Å². The first kappa shape index (κ1) is 7.02. The standard InChI is InChI=1S/C4H11BrGe/c1-3-6(5)4-2/h6H,3-4H2,1-2H3. The van der Waals surface area contributed by atoms with E-state index in [4.69, 9.17) is 0 Å². The second-order valence-corrected chi connectivity index (χ2v) is 14.1. The van der Waals surface area contributed by atoms with Crippen LogP contribution in [0.1, 0.15) is 13.8 Å². The van der Waals surface area contributed by atoms with Gasteiger partial charge in [0.2, 0.25) is 0 Å². The molecule has 6 heavy (non-hydrogen) atoms. The van der Waals surface area contributed by atoms with Crippen molar-refractivity contribution >= 4 is 26.5 Å². The zero-order valence-electron chi connectivity index (χ0n) is 4.37. The molecular weight excluding hydrogens is 201 g/mol. The predicted molar refractivity (Wildman–Crippen MR) is 37.0 cm³/mol. The Bertz CT molecular complexity index is 26.7. The van der Waals surface area contributed by atoms with E-state index in [0.717, 1.165) is 0 Å². The summed E-state index contributed by atoms with van der Waals surface area (Å²) < 4.78 is 0. The van der Waals surface area contributed by atoms with Crippen molar-refractivity contribution in [2.75, 3.05) is 0 Å². The van der Waals surface area contributed by atoms with Crippen LogP contribution in [0, 0.1) is 0 Å². The van der Waals surface area contributed by atoms with Crippen LogP contribution in [0.4, 0.5) is 0 Å². The van der Waals surface area contributed by atoms with Crippen LogP contribution in [0.5, 0.6) is 0 Å². The van der Waals surface area contributed by atoms with Gasteiger partial charge in [0.05, 0.1) is 0 Å². The van der Waals surface area contributed by atoms with Crippen molar-refractivity contribution in [1.82, 2.24) is 0 Å². The van der Waals surface area contributed by atoms with E-state index in [1.165, 1.54) is 10.5 Å². The third-order valence-corrected chi connectivity index (χ3v) is 11.3. The molecule has 0 nitrogen and oxygen atoms in total. The van der Waals surface area contributed by atoms with Crippen molar-refractivity contribution < 1.29 is 0 Å². The van der Waals surface area contributed by atoms with Gasteiger partial charge >= 0.3 is 50.9 Å². The van der Waals surface area contributed by atoms with Crippen LogP contribution >= 0.6 is 14.0 Å². The van der Waals surface area contributed by atoms with Crippen molar-refractivity contribution in [1.29, 1.82) is 0 Å². The van der Waals surface area contributed by atoms with Gasteiger partial charge < -0.3 is 0 Å². The molecule has 0 saturated heterocycles. The predicted octanol–water partition coefficient (Wildman–Crippen LogP) is 2.14. The molecule has 0 rings (SSSR count). The molecule has 0 fully saturated rings. The van der Waals surface area contributed by atoms with E-state index in [2.05, 4.69) is 27.9 Å². The zero-order chi connectivity index (χ0) is 4.99. The Labute approximate surface area is 51.0 Å². The molecule has 0 N–H and O–H groups in total. The normalized spacial score (nSPS) is 10.0. The summed E-state index contributed by atoms with van der Waals surface area (Å²) in [6, 6.07) is 0. The fourth-order valence-corrected chi connectivity index (χ4v) is 1.50. The van der Waals surface area contributed by atoms with Crippen LogP contribution in [-0.4, -0.2) is 12.5 Å². The van der Waals surface area contributed by atoms with Crippen LogP contribution < -0.4 is 0 Å². The molecule has 0 saturated carbocycles. The second-order valence-electron chi connectivity index (χ2n) is 1.41. The van der Waals surface area contributed by atoms with E-state index in [9.17, 15) is 0 Å². The summed E-state index contributed by atoms with van der Waals surface area (Å²) in [7, 11) is 0. The van der Waals surface area contributed by atoms with Crippen LogP contribution in [-0.2, 0) is 0 Å². The molecule has 38 valence electrons. The molecule has 0 bridgehead atoms.